The number of halogens is 2. The molecule has 0 bridgehead atoms. The minimum Gasteiger partial charge on any atom is -0.397 e. The smallest absolute Gasteiger partial charge is 0.261 e. The molecule has 1 rings (SSSR count). The van der Waals surface area contributed by atoms with E-state index in [-0.39, 0.29) is 5.91 Å². The zero-order valence-electron chi connectivity index (χ0n) is 7.89. The van der Waals surface area contributed by atoms with Crippen molar-refractivity contribution >= 4 is 62.5 Å². The van der Waals surface area contributed by atoms with Gasteiger partial charge in [0.05, 0.1) is 15.0 Å². The molecule has 1 aromatic rings. The predicted molar refractivity (Wildman–Crippen MR) is 80.4 cm³/mol. The van der Waals surface area contributed by atoms with Crippen LogP contribution in [0.2, 0.25) is 0 Å². The summed E-state index contributed by atoms with van der Waals surface area (Å²) in [6.45, 7) is 3.56. The molecule has 0 aliphatic carbocycles. The summed E-state index contributed by atoms with van der Waals surface area (Å²) >= 11 is 4.13. The average Bonchev–Trinajstić information content (AvgIpc) is 2.21. The number of hydrogen-bond acceptors (Lipinski definition) is 2. The van der Waals surface area contributed by atoms with Crippen LogP contribution in [0.3, 0.4) is 0 Å². The van der Waals surface area contributed by atoms with E-state index in [1.165, 1.54) is 0 Å². The number of nitrogen functional groups attached to an aromatic ring is 1. The highest BCUT2D eigenvalue weighted by molar-refractivity contribution is 14.1. The largest absolute Gasteiger partial charge is 0.397 e. The minimum absolute atomic E-state index is 0.215. The molecule has 0 saturated heterocycles. The van der Waals surface area contributed by atoms with E-state index in [9.17, 15) is 4.79 Å². The Labute approximate surface area is 116 Å². The van der Waals surface area contributed by atoms with E-state index >= 15 is 0 Å². The van der Waals surface area contributed by atoms with E-state index in [0.29, 0.717) is 15.0 Å². The first-order valence-electron chi connectivity index (χ1n) is 4.14. The normalized spacial score (nSPS) is 9.73. The van der Waals surface area contributed by atoms with Crippen molar-refractivity contribution in [3.63, 3.8) is 0 Å². The zero-order chi connectivity index (χ0) is 11.4. The lowest BCUT2D eigenvalue weighted by molar-refractivity contribution is -0.112. The monoisotopic (exact) mass is 428 g/mol. The van der Waals surface area contributed by atoms with Crippen molar-refractivity contribution < 1.29 is 4.79 Å². The van der Waals surface area contributed by atoms with Gasteiger partial charge in [-0.15, -0.1) is 0 Å². The van der Waals surface area contributed by atoms with E-state index < -0.39 is 0 Å². The van der Waals surface area contributed by atoms with E-state index in [1.807, 2.05) is 34.7 Å². The molecule has 0 aromatic heterocycles. The van der Waals surface area contributed by atoms with Gasteiger partial charge in [-0.05, 0) is 40.3 Å². The van der Waals surface area contributed by atoms with Crippen LogP contribution in [0.25, 0.3) is 0 Å². The van der Waals surface area contributed by atoms with Crippen LogP contribution in [0, 0.1) is 0 Å². The van der Waals surface area contributed by atoms with Gasteiger partial charge in [0.15, 0.2) is 0 Å². The highest BCUT2D eigenvalue weighted by Gasteiger charge is 2.07. The third-order valence-electron chi connectivity index (χ3n) is 1.77. The second-order valence-electron chi connectivity index (χ2n) is 2.91. The molecule has 1 aromatic carbocycles. The Balaban J connectivity index is 2.93. The van der Waals surface area contributed by atoms with Crippen molar-refractivity contribution in [2.24, 2.45) is 0 Å². The Kier molecular flexibility index (Phi) is 4.84. The van der Waals surface area contributed by atoms with Crippen molar-refractivity contribution in [1.82, 2.24) is 0 Å². The number of alkyl halides is 1. The Morgan fingerprint density at radius 3 is 2.73 bits per heavy atom. The fourth-order valence-corrected chi connectivity index (χ4v) is 1.59. The van der Waals surface area contributed by atoms with Crippen LogP contribution in [0.15, 0.2) is 28.4 Å². The highest BCUT2D eigenvalue weighted by atomic mass is 127. The van der Waals surface area contributed by atoms with Crippen LogP contribution in [0.4, 0.5) is 11.4 Å². The van der Waals surface area contributed by atoms with Crippen LogP contribution in [0.1, 0.15) is 5.56 Å². The van der Waals surface area contributed by atoms with E-state index in [4.69, 9.17) is 5.73 Å². The lowest BCUT2D eigenvalue weighted by atomic mass is 10.2. The Hall–Kier alpha value is -0.310. The van der Waals surface area contributed by atoms with Gasteiger partial charge in [0.25, 0.3) is 5.91 Å². The van der Waals surface area contributed by atoms with E-state index in [2.05, 4.69) is 34.5 Å². The van der Waals surface area contributed by atoms with Crippen molar-refractivity contribution in [1.29, 1.82) is 0 Å². The van der Waals surface area contributed by atoms with Gasteiger partial charge in [-0.1, -0.05) is 35.2 Å². The first kappa shape index (κ1) is 12.8. The number of carbonyl (C=O) groups excluding carboxylic acids is 1. The molecule has 0 radical (unpaired) electrons. The summed E-state index contributed by atoms with van der Waals surface area (Å²) in [4.78, 5) is 11.4. The van der Waals surface area contributed by atoms with Gasteiger partial charge in [0, 0.05) is 4.43 Å². The van der Waals surface area contributed by atoms with Crippen LogP contribution >= 0.6 is 45.2 Å². The highest BCUT2D eigenvalue weighted by Crippen LogP contribution is 2.22. The van der Waals surface area contributed by atoms with Gasteiger partial charge in [0.1, 0.15) is 0 Å². The topological polar surface area (TPSA) is 55.1 Å². The summed E-state index contributed by atoms with van der Waals surface area (Å²) in [5.74, 6) is -0.215. The Morgan fingerprint density at radius 1 is 1.53 bits per heavy atom. The molecule has 1 amide bonds. The zero-order valence-corrected chi connectivity index (χ0v) is 12.2. The van der Waals surface area contributed by atoms with Crippen LogP contribution in [0.5, 0.6) is 0 Å². The van der Waals surface area contributed by atoms with Crippen molar-refractivity contribution in [3.8, 4) is 0 Å². The summed E-state index contributed by atoms with van der Waals surface area (Å²) in [6.07, 6.45) is 0. The predicted octanol–water partition coefficient (Wildman–Crippen LogP) is 3.09. The second kappa shape index (κ2) is 5.69. The summed E-state index contributed by atoms with van der Waals surface area (Å²) in [6, 6.07) is 5.61. The molecule has 0 unspecified atom stereocenters. The van der Waals surface area contributed by atoms with Gasteiger partial charge in [-0.3, -0.25) is 4.79 Å². The SMILES string of the molecule is C=C(I)C(=O)Nc1cc(CI)ccc1N. The summed E-state index contributed by atoms with van der Waals surface area (Å²) < 4.78 is 1.32. The number of nitrogens with one attached hydrogen (secondary N) is 1. The molecule has 0 heterocycles. The second-order valence-corrected chi connectivity index (χ2v) is 4.98. The molecule has 3 N–H and O–H groups in total. The molecule has 0 saturated carbocycles. The maximum Gasteiger partial charge on any atom is 0.261 e. The van der Waals surface area contributed by atoms with Crippen molar-refractivity contribution in [2.75, 3.05) is 11.1 Å². The molecule has 0 aliphatic heterocycles. The molecule has 80 valence electrons. The Morgan fingerprint density at radius 2 is 2.20 bits per heavy atom. The maximum absolute atomic E-state index is 11.4. The standard InChI is InChI=1S/C10H10I2N2O/c1-6(12)10(15)14-9-4-7(5-11)2-3-8(9)13/h2-4H,1,5,13H2,(H,14,15). The van der Waals surface area contributed by atoms with Crippen molar-refractivity contribution in [3.05, 3.63) is 33.9 Å². The number of rotatable bonds is 3. The summed E-state index contributed by atoms with van der Waals surface area (Å²) in [5.41, 5.74) is 8.08. The van der Waals surface area contributed by atoms with Gasteiger partial charge in [-0.25, -0.2) is 0 Å². The van der Waals surface area contributed by atoms with E-state index in [0.717, 1.165) is 9.99 Å². The van der Waals surface area contributed by atoms with Crippen LogP contribution in [-0.2, 0) is 9.22 Å². The minimum atomic E-state index is -0.215. The lowest BCUT2D eigenvalue weighted by Gasteiger charge is -2.08. The van der Waals surface area contributed by atoms with Crippen LogP contribution in [-0.4, -0.2) is 5.91 Å². The molecule has 3 nitrogen and oxygen atoms in total. The fraction of sp³-hybridized carbons (Fsp3) is 0.100. The Bertz CT molecular complexity index is 404. The van der Waals surface area contributed by atoms with Crippen LogP contribution < -0.4 is 11.1 Å². The number of hydrogen-bond donors (Lipinski definition) is 2. The number of carbonyl (C=O) groups is 1. The summed E-state index contributed by atoms with van der Waals surface area (Å²) in [7, 11) is 0. The molecular formula is C10H10I2N2O. The molecule has 15 heavy (non-hydrogen) atoms. The molecular weight excluding hydrogens is 418 g/mol. The van der Waals surface area contributed by atoms with Gasteiger partial charge in [0.2, 0.25) is 0 Å². The summed E-state index contributed by atoms with van der Waals surface area (Å²) in [5, 5.41) is 2.71. The number of nitrogens with two attached hydrogens (primary N) is 1. The number of amides is 1. The first-order chi connectivity index (χ1) is 7.04. The lowest BCUT2D eigenvalue weighted by Crippen LogP contribution is -2.12. The molecule has 0 aliphatic rings. The number of benzene rings is 1. The molecule has 5 heteroatoms. The maximum atomic E-state index is 11.4. The molecule has 0 spiro atoms. The average molecular weight is 428 g/mol. The van der Waals surface area contributed by atoms with Gasteiger partial charge in [-0.2, -0.15) is 0 Å². The quantitative estimate of drug-likeness (QED) is 0.337. The van der Waals surface area contributed by atoms with Gasteiger partial charge >= 0.3 is 0 Å². The molecule has 0 atom stereocenters. The molecule has 0 fully saturated rings. The third-order valence-corrected chi connectivity index (χ3v) is 3.14. The third kappa shape index (κ3) is 3.63. The van der Waals surface area contributed by atoms with E-state index in [1.54, 1.807) is 6.07 Å². The first-order valence-corrected chi connectivity index (χ1v) is 6.75. The number of anilines is 2. The van der Waals surface area contributed by atoms with Crippen molar-refractivity contribution in [2.45, 2.75) is 4.43 Å². The van der Waals surface area contributed by atoms with Gasteiger partial charge < -0.3 is 11.1 Å². The fourth-order valence-electron chi connectivity index (χ4n) is 0.985.